The minimum atomic E-state index is 0. The van der Waals surface area contributed by atoms with Crippen LogP contribution in [0.4, 0.5) is 0 Å². The number of guanidine groups is 1. The Labute approximate surface area is 147 Å². The smallest absolute Gasteiger partial charge is 0.191 e. The van der Waals surface area contributed by atoms with E-state index >= 15 is 0 Å². The highest BCUT2D eigenvalue weighted by Gasteiger charge is 2.15. The summed E-state index contributed by atoms with van der Waals surface area (Å²) in [5, 5.41) is 6.89. The molecular formula is C15H23BrIN3. The maximum atomic E-state index is 4.30. The zero-order chi connectivity index (χ0) is 13.7. The fourth-order valence-electron chi connectivity index (χ4n) is 2.49. The largest absolute Gasteiger partial charge is 0.354 e. The van der Waals surface area contributed by atoms with Crippen LogP contribution in [0.2, 0.25) is 0 Å². The van der Waals surface area contributed by atoms with Gasteiger partial charge in [-0.1, -0.05) is 34.8 Å². The molecule has 1 aliphatic rings. The van der Waals surface area contributed by atoms with Crippen LogP contribution in [0.1, 0.15) is 36.8 Å². The van der Waals surface area contributed by atoms with Crippen molar-refractivity contribution in [2.24, 2.45) is 4.99 Å². The summed E-state index contributed by atoms with van der Waals surface area (Å²) < 4.78 is 1.13. The van der Waals surface area contributed by atoms with E-state index in [1.807, 2.05) is 7.05 Å². The molecule has 1 aromatic carbocycles. The lowest BCUT2D eigenvalue weighted by molar-refractivity contribution is 0.613. The van der Waals surface area contributed by atoms with Gasteiger partial charge in [0.15, 0.2) is 5.96 Å². The number of hydrogen-bond acceptors (Lipinski definition) is 1. The number of hydrogen-bond donors (Lipinski definition) is 2. The zero-order valence-electron chi connectivity index (χ0n) is 12.1. The molecule has 1 fully saturated rings. The Hall–Kier alpha value is -0.300. The van der Waals surface area contributed by atoms with E-state index in [-0.39, 0.29) is 24.0 Å². The molecule has 0 spiro atoms. The lowest BCUT2D eigenvalue weighted by atomic mass is 10.1. The molecule has 0 radical (unpaired) electrons. The maximum absolute atomic E-state index is 4.30. The number of rotatable bonds is 3. The average Bonchev–Trinajstić information content (AvgIpc) is 2.89. The minimum Gasteiger partial charge on any atom is -0.354 e. The molecule has 1 saturated carbocycles. The third-order valence-corrected chi connectivity index (χ3v) is 4.16. The van der Waals surface area contributed by atoms with Gasteiger partial charge in [0.05, 0.1) is 0 Å². The summed E-state index contributed by atoms with van der Waals surface area (Å²) in [6.07, 6.45) is 5.19. The van der Waals surface area contributed by atoms with Gasteiger partial charge in [-0.3, -0.25) is 4.99 Å². The predicted molar refractivity (Wildman–Crippen MR) is 99.9 cm³/mol. The van der Waals surface area contributed by atoms with Gasteiger partial charge in [0.25, 0.3) is 0 Å². The first-order chi connectivity index (χ1) is 9.19. The van der Waals surface area contributed by atoms with E-state index in [2.05, 4.69) is 56.7 Å². The molecule has 0 bridgehead atoms. The van der Waals surface area contributed by atoms with Crippen LogP contribution in [0.3, 0.4) is 0 Å². The molecule has 3 nitrogen and oxygen atoms in total. The van der Waals surface area contributed by atoms with Gasteiger partial charge < -0.3 is 10.6 Å². The summed E-state index contributed by atoms with van der Waals surface area (Å²) in [6, 6.07) is 6.97. The van der Waals surface area contributed by atoms with Crippen molar-refractivity contribution in [1.82, 2.24) is 10.6 Å². The molecule has 0 amide bonds. The van der Waals surface area contributed by atoms with E-state index in [1.54, 1.807) is 0 Å². The van der Waals surface area contributed by atoms with Crippen molar-refractivity contribution in [2.75, 3.05) is 7.05 Å². The molecule has 112 valence electrons. The molecule has 5 heteroatoms. The second-order valence-electron chi connectivity index (χ2n) is 5.12. The Morgan fingerprint density at radius 1 is 1.35 bits per heavy atom. The quantitative estimate of drug-likeness (QED) is 0.414. The monoisotopic (exact) mass is 451 g/mol. The fraction of sp³-hybridized carbons (Fsp3) is 0.533. The summed E-state index contributed by atoms with van der Waals surface area (Å²) in [4.78, 5) is 4.30. The second kappa shape index (κ2) is 8.87. The third kappa shape index (κ3) is 5.24. The van der Waals surface area contributed by atoms with Crippen molar-refractivity contribution >= 4 is 45.9 Å². The van der Waals surface area contributed by atoms with Crippen molar-refractivity contribution < 1.29 is 0 Å². The van der Waals surface area contributed by atoms with Gasteiger partial charge in [-0.05, 0) is 43.0 Å². The van der Waals surface area contributed by atoms with Crippen LogP contribution >= 0.6 is 39.9 Å². The predicted octanol–water partition coefficient (Wildman–Crippen LogP) is 3.98. The lowest BCUT2D eigenvalue weighted by Gasteiger charge is -2.17. The van der Waals surface area contributed by atoms with Gasteiger partial charge in [0.2, 0.25) is 0 Å². The van der Waals surface area contributed by atoms with Crippen molar-refractivity contribution in [3.8, 4) is 0 Å². The highest BCUT2D eigenvalue weighted by molar-refractivity contribution is 14.0. The molecule has 0 heterocycles. The Morgan fingerprint density at radius 2 is 2.05 bits per heavy atom. The highest BCUT2D eigenvalue weighted by Crippen LogP contribution is 2.18. The van der Waals surface area contributed by atoms with E-state index in [9.17, 15) is 0 Å². The SMILES string of the molecule is CN=C(NCc1ccc(Br)cc1C)NC1CCCC1.I. The molecule has 1 aliphatic carbocycles. The molecule has 20 heavy (non-hydrogen) atoms. The Morgan fingerprint density at radius 3 is 2.65 bits per heavy atom. The van der Waals surface area contributed by atoms with Crippen LogP contribution in [0.5, 0.6) is 0 Å². The Kier molecular flexibility index (Phi) is 7.87. The first-order valence-corrected chi connectivity index (χ1v) is 7.70. The van der Waals surface area contributed by atoms with Gasteiger partial charge in [0, 0.05) is 24.1 Å². The second-order valence-corrected chi connectivity index (χ2v) is 6.04. The number of benzene rings is 1. The fourth-order valence-corrected chi connectivity index (χ4v) is 2.97. The van der Waals surface area contributed by atoms with E-state index < -0.39 is 0 Å². The van der Waals surface area contributed by atoms with E-state index in [1.165, 1.54) is 36.8 Å². The summed E-state index contributed by atoms with van der Waals surface area (Å²) in [6.45, 7) is 2.94. The Bertz CT molecular complexity index is 456. The number of nitrogens with zero attached hydrogens (tertiary/aromatic N) is 1. The lowest BCUT2D eigenvalue weighted by Crippen LogP contribution is -2.42. The van der Waals surface area contributed by atoms with E-state index in [0.717, 1.165) is 17.0 Å². The van der Waals surface area contributed by atoms with Crippen LogP contribution in [-0.2, 0) is 6.54 Å². The van der Waals surface area contributed by atoms with E-state index in [4.69, 9.17) is 0 Å². The van der Waals surface area contributed by atoms with Crippen LogP contribution in [0.15, 0.2) is 27.7 Å². The maximum Gasteiger partial charge on any atom is 0.191 e. The summed E-state index contributed by atoms with van der Waals surface area (Å²) in [5.74, 6) is 0.911. The van der Waals surface area contributed by atoms with Crippen molar-refractivity contribution in [3.63, 3.8) is 0 Å². The molecule has 0 saturated heterocycles. The highest BCUT2D eigenvalue weighted by atomic mass is 127. The molecule has 0 unspecified atom stereocenters. The minimum absolute atomic E-state index is 0. The summed E-state index contributed by atoms with van der Waals surface area (Å²) in [7, 11) is 1.83. The molecule has 0 aromatic heterocycles. The van der Waals surface area contributed by atoms with Crippen LogP contribution in [-0.4, -0.2) is 19.0 Å². The van der Waals surface area contributed by atoms with Gasteiger partial charge in [0.1, 0.15) is 0 Å². The molecular weight excluding hydrogens is 429 g/mol. The van der Waals surface area contributed by atoms with Gasteiger partial charge in [-0.2, -0.15) is 0 Å². The molecule has 0 atom stereocenters. The van der Waals surface area contributed by atoms with E-state index in [0.29, 0.717) is 6.04 Å². The van der Waals surface area contributed by atoms with Gasteiger partial charge in [-0.15, -0.1) is 24.0 Å². The van der Waals surface area contributed by atoms with Crippen molar-refractivity contribution in [2.45, 2.75) is 45.2 Å². The first kappa shape index (κ1) is 17.8. The van der Waals surface area contributed by atoms with Gasteiger partial charge in [-0.25, -0.2) is 0 Å². The number of halogens is 2. The average molecular weight is 452 g/mol. The number of aryl methyl sites for hydroxylation is 1. The normalized spacial score (nSPS) is 15.8. The van der Waals surface area contributed by atoms with Crippen LogP contribution in [0, 0.1) is 6.92 Å². The summed E-state index contributed by atoms with van der Waals surface area (Å²) >= 11 is 3.49. The van der Waals surface area contributed by atoms with Gasteiger partial charge >= 0.3 is 0 Å². The van der Waals surface area contributed by atoms with Crippen LogP contribution in [0.25, 0.3) is 0 Å². The Balaban J connectivity index is 0.00000200. The van der Waals surface area contributed by atoms with Crippen molar-refractivity contribution in [3.05, 3.63) is 33.8 Å². The molecule has 2 rings (SSSR count). The summed E-state index contributed by atoms with van der Waals surface area (Å²) in [5.41, 5.74) is 2.59. The molecule has 2 N–H and O–H groups in total. The van der Waals surface area contributed by atoms with Crippen LogP contribution < -0.4 is 10.6 Å². The van der Waals surface area contributed by atoms with Crippen molar-refractivity contribution in [1.29, 1.82) is 0 Å². The third-order valence-electron chi connectivity index (χ3n) is 3.67. The number of nitrogens with one attached hydrogen (secondary N) is 2. The zero-order valence-corrected chi connectivity index (χ0v) is 16.0. The topological polar surface area (TPSA) is 36.4 Å². The molecule has 0 aliphatic heterocycles. The molecule has 1 aromatic rings. The first-order valence-electron chi connectivity index (χ1n) is 6.91. The number of aliphatic imine (C=N–C) groups is 1. The standard InChI is InChI=1S/C15H22BrN3.HI/c1-11-9-13(16)8-7-12(11)10-18-15(17-2)19-14-5-3-4-6-14;/h7-9,14H,3-6,10H2,1-2H3,(H2,17,18,19);1H.